The second-order valence-corrected chi connectivity index (χ2v) is 6.67. The quantitative estimate of drug-likeness (QED) is 0.910. The van der Waals surface area contributed by atoms with Crippen LogP contribution in [0.25, 0.3) is 0 Å². The number of aryl methyl sites for hydroxylation is 1. The number of benzene rings is 1. The van der Waals surface area contributed by atoms with Crippen molar-refractivity contribution in [3.05, 3.63) is 65.0 Å². The fraction of sp³-hybridized carbons (Fsp3) is 0.350. The molecule has 0 atom stereocenters. The molecular weight excluding hydrogens is 328 g/mol. The number of rotatable bonds is 4. The van der Waals surface area contributed by atoms with Gasteiger partial charge in [0.2, 0.25) is 0 Å². The summed E-state index contributed by atoms with van der Waals surface area (Å²) in [6.45, 7) is 5.51. The summed E-state index contributed by atoms with van der Waals surface area (Å²) in [5, 5.41) is 2.85. The lowest BCUT2D eigenvalue weighted by Gasteiger charge is -2.32. The average molecular weight is 352 g/mol. The van der Waals surface area contributed by atoms with E-state index in [0.717, 1.165) is 18.7 Å². The molecule has 0 aliphatic carbocycles. The average Bonchev–Trinajstić information content (AvgIpc) is 2.67. The van der Waals surface area contributed by atoms with Crippen molar-refractivity contribution in [3.63, 3.8) is 0 Å². The molecule has 1 aliphatic rings. The minimum absolute atomic E-state index is 0.119. The van der Waals surface area contributed by atoms with Crippen LogP contribution in [0.5, 0.6) is 0 Å². The lowest BCUT2D eigenvalue weighted by molar-refractivity contribution is 0.0658. The topological polar surface area (TPSA) is 65.5 Å². The van der Waals surface area contributed by atoms with Crippen molar-refractivity contribution in [1.82, 2.24) is 20.1 Å². The zero-order valence-corrected chi connectivity index (χ0v) is 15.2. The number of aromatic nitrogens is 1. The molecule has 1 N–H and O–H groups in total. The summed E-state index contributed by atoms with van der Waals surface area (Å²) in [6, 6.07) is 13.0. The molecule has 0 unspecified atom stereocenters. The molecule has 2 amide bonds. The second-order valence-electron chi connectivity index (χ2n) is 6.67. The van der Waals surface area contributed by atoms with E-state index in [1.165, 1.54) is 5.56 Å². The molecule has 136 valence electrons. The predicted octanol–water partition coefficient (Wildman–Crippen LogP) is 1.71. The van der Waals surface area contributed by atoms with E-state index in [-0.39, 0.29) is 17.5 Å². The van der Waals surface area contributed by atoms with Gasteiger partial charge in [0.15, 0.2) is 0 Å². The molecule has 0 bridgehead atoms. The van der Waals surface area contributed by atoms with Gasteiger partial charge < -0.3 is 15.1 Å². The van der Waals surface area contributed by atoms with Crippen LogP contribution in [0.15, 0.2) is 42.5 Å². The molecule has 1 aromatic carbocycles. The highest BCUT2D eigenvalue weighted by Gasteiger charge is 2.22. The maximum atomic E-state index is 12.6. The second kappa shape index (κ2) is 8.10. The van der Waals surface area contributed by atoms with Crippen LogP contribution in [0.4, 0.5) is 0 Å². The maximum absolute atomic E-state index is 12.6. The molecular formula is C20H24N4O2. The normalized spacial score (nSPS) is 14.9. The van der Waals surface area contributed by atoms with Crippen LogP contribution in [0.1, 0.15) is 32.1 Å². The first-order valence-corrected chi connectivity index (χ1v) is 8.81. The van der Waals surface area contributed by atoms with E-state index in [9.17, 15) is 9.59 Å². The van der Waals surface area contributed by atoms with Gasteiger partial charge in [-0.25, -0.2) is 4.98 Å². The highest BCUT2D eigenvalue weighted by molar-refractivity contribution is 5.96. The number of carbonyl (C=O) groups excluding carboxylic acids is 2. The fourth-order valence-electron chi connectivity index (χ4n) is 2.83. The van der Waals surface area contributed by atoms with Crippen LogP contribution in [0, 0.1) is 6.92 Å². The fourth-order valence-corrected chi connectivity index (χ4v) is 2.83. The number of amides is 2. The minimum atomic E-state index is -0.279. The molecule has 2 heterocycles. The number of nitrogens with one attached hydrogen (secondary N) is 1. The van der Waals surface area contributed by atoms with Gasteiger partial charge in [0.05, 0.1) is 0 Å². The summed E-state index contributed by atoms with van der Waals surface area (Å²) in [6.07, 6.45) is 0. The van der Waals surface area contributed by atoms with E-state index >= 15 is 0 Å². The van der Waals surface area contributed by atoms with Gasteiger partial charge in [0, 0.05) is 32.7 Å². The van der Waals surface area contributed by atoms with E-state index < -0.39 is 0 Å². The Labute approximate surface area is 153 Å². The summed E-state index contributed by atoms with van der Waals surface area (Å²) < 4.78 is 0. The van der Waals surface area contributed by atoms with Gasteiger partial charge in [-0.1, -0.05) is 35.9 Å². The molecule has 1 aliphatic heterocycles. The highest BCUT2D eigenvalue weighted by atomic mass is 16.2. The molecule has 1 fully saturated rings. The Kier molecular flexibility index (Phi) is 5.63. The van der Waals surface area contributed by atoms with Crippen molar-refractivity contribution >= 4 is 11.8 Å². The Morgan fingerprint density at radius 1 is 1.00 bits per heavy atom. The van der Waals surface area contributed by atoms with Crippen molar-refractivity contribution in [2.75, 3.05) is 33.2 Å². The Morgan fingerprint density at radius 2 is 1.65 bits per heavy atom. The van der Waals surface area contributed by atoms with E-state index in [1.807, 2.05) is 38.2 Å². The zero-order valence-electron chi connectivity index (χ0n) is 15.2. The van der Waals surface area contributed by atoms with Crippen LogP contribution in [0.2, 0.25) is 0 Å². The highest BCUT2D eigenvalue weighted by Crippen LogP contribution is 2.08. The van der Waals surface area contributed by atoms with E-state index in [2.05, 4.69) is 15.2 Å². The Balaban J connectivity index is 1.63. The number of piperazine rings is 1. The summed E-state index contributed by atoms with van der Waals surface area (Å²) in [5.74, 6) is -0.398. The van der Waals surface area contributed by atoms with Crippen LogP contribution in [-0.2, 0) is 6.54 Å². The molecule has 1 aromatic heterocycles. The van der Waals surface area contributed by atoms with Crippen molar-refractivity contribution in [3.8, 4) is 0 Å². The first-order chi connectivity index (χ1) is 12.5. The largest absolute Gasteiger partial charge is 0.347 e. The van der Waals surface area contributed by atoms with Gasteiger partial charge in [-0.15, -0.1) is 0 Å². The summed E-state index contributed by atoms with van der Waals surface area (Å²) in [4.78, 5) is 33.2. The first kappa shape index (κ1) is 18.1. The molecule has 0 spiro atoms. The van der Waals surface area contributed by atoms with Crippen LogP contribution in [0.3, 0.4) is 0 Å². The van der Waals surface area contributed by atoms with Crippen LogP contribution in [-0.4, -0.2) is 59.8 Å². The standard InChI is InChI=1S/C20H24N4O2/c1-15-6-8-16(9-7-15)14-21-19(25)17-4-3-5-18(22-17)20(26)24-12-10-23(2)11-13-24/h3-9H,10-14H2,1-2H3,(H,21,25). The molecule has 6 heteroatoms. The third-order valence-electron chi connectivity index (χ3n) is 4.57. The Bertz CT molecular complexity index is 781. The lowest BCUT2D eigenvalue weighted by atomic mass is 10.1. The maximum Gasteiger partial charge on any atom is 0.272 e. The molecule has 3 rings (SSSR count). The summed E-state index contributed by atoms with van der Waals surface area (Å²) >= 11 is 0. The van der Waals surface area contributed by atoms with Gasteiger partial charge >= 0.3 is 0 Å². The van der Waals surface area contributed by atoms with E-state index in [0.29, 0.717) is 25.3 Å². The predicted molar refractivity (Wildman–Crippen MR) is 100.0 cm³/mol. The number of likely N-dealkylation sites (N-methyl/N-ethyl adjacent to an activating group) is 1. The minimum Gasteiger partial charge on any atom is -0.347 e. The number of pyridine rings is 1. The van der Waals surface area contributed by atoms with Crippen molar-refractivity contribution in [1.29, 1.82) is 0 Å². The monoisotopic (exact) mass is 352 g/mol. The van der Waals surface area contributed by atoms with Crippen molar-refractivity contribution in [2.24, 2.45) is 0 Å². The van der Waals surface area contributed by atoms with Gasteiger partial charge in [-0.3, -0.25) is 9.59 Å². The molecule has 0 radical (unpaired) electrons. The first-order valence-electron chi connectivity index (χ1n) is 8.81. The number of hydrogen-bond acceptors (Lipinski definition) is 4. The van der Waals surface area contributed by atoms with Crippen molar-refractivity contribution < 1.29 is 9.59 Å². The third-order valence-corrected chi connectivity index (χ3v) is 4.57. The van der Waals surface area contributed by atoms with Crippen LogP contribution >= 0.6 is 0 Å². The van der Waals surface area contributed by atoms with Gasteiger partial charge in [-0.2, -0.15) is 0 Å². The number of hydrogen-bond donors (Lipinski definition) is 1. The van der Waals surface area contributed by atoms with Crippen LogP contribution < -0.4 is 5.32 Å². The van der Waals surface area contributed by atoms with Gasteiger partial charge in [0.1, 0.15) is 11.4 Å². The van der Waals surface area contributed by atoms with Gasteiger partial charge in [-0.05, 0) is 31.7 Å². The van der Waals surface area contributed by atoms with E-state index in [1.54, 1.807) is 23.1 Å². The third kappa shape index (κ3) is 4.46. The Morgan fingerprint density at radius 3 is 2.35 bits per heavy atom. The molecule has 26 heavy (non-hydrogen) atoms. The lowest BCUT2D eigenvalue weighted by Crippen LogP contribution is -2.47. The zero-order chi connectivity index (χ0) is 18.5. The number of carbonyl (C=O) groups is 2. The summed E-state index contributed by atoms with van der Waals surface area (Å²) in [5.41, 5.74) is 2.78. The smallest absolute Gasteiger partial charge is 0.272 e. The SMILES string of the molecule is Cc1ccc(CNC(=O)c2cccc(C(=O)N3CCN(C)CC3)n2)cc1. The number of nitrogens with zero attached hydrogens (tertiary/aromatic N) is 3. The summed E-state index contributed by atoms with van der Waals surface area (Å²) in [7, 11) is 2.04. The molecule has 6 nitrogen and oxygen atoms in total. The van der Waals surface area contributed by atoms with Crippen molar-refractivity contribution in [2.45, 2.75) is 13.5 Å². The Hall–Kier alpha value is -2.73. The molecule has 2 aromatic rings. The molecule has 0 saturated carbocycles. The van der Waals surface area contributed by atoms with Gasteiger partial charge in [0.25, 0.3) is 11.8 Å². The van der Waals surface area contributed by atoms with E-state index in [4.69, 9.17) is 0 Å². The molecule has 1 saturated heterocycles.